The van der Waals surface area contributed by atoms with Gasteiger partial charge in [-0.05, 0) is 51.7 Å². The molecule has 1 saturated carbocycles. The highest BCUT2D eigenvalue weighted by molar-refractivity contribution is 6.28. The lowest BCUT2D eigenvalue weighted by Gasteiger charge is -2.24. The number of allylic oxidation sites excluding steroid dienone is 1. The van der Waals surface area contributed by atoms with E-state index in [0.29, 0.717) is 35.6 Å². The molecule has 12 heteroatoms. The maximum Gasteiger partial charge on any atom is 0.419 e. The van der Waals surface area contributed by atoms with Crippen LogP contribution < -0.4 is 5.32 Å². The molecule has 1 aliphatic carbocycles. The van der Waals surface area contributed by atoms with Gasteiger partial charge in [0.2, 0.25) is 0 Å². The third-order valence-corrected chi connectivity index (χ3v) is 6.68. The maximum atomic E-state index is 14.7. The van der Waals surface area contributed by atoms with Gasteiger partial charge in [0.25, 0.3) is 5.91 Å². The van der Waals surface area contributed by atoms with Gasteiger partial charge in [-0.3, -0.25) is 14.5 Å². The van der Waals surface area contributed by atoms with Crippen molar-refractivity contribution in [1.82, 2.24) is 20.1 Å². The van der Waals surface area contributed by atoms with E-state index in [1.807, 2.05) is 0 Å². The number of carbonyl (C=O) groups excluding carboxylic acids is 1. The second-order valence-corrected chi connectivity index (χ2v) is 10.6. The molecule has 0 radical (unpaired) electrons. The Bertz CT molecular complexity index is 1350. The van der Waals surface area contributed by atoms with Crippen LogP contribution in [0.4, 0.5) is 17.6 Å². The molecule has 3 aliphatic rings. The zero-order valence-corrected chi connectivity index (χ0v) is 21.1. The van der Waals surface area contributed by atoms with Gasteiger partial charge < -0.3 is 10.4 Å². The highest BCUT2D eigenvalue weighted by Crippen LogP contribution is 2.38. The van der Waals surface area contributed by atoms with Gasteiger partial charge in [-0.25, -0.2) is 9.40 Å². The van der Waals surface area contributed by atoms with E-state index in [0.717, 1.165) is 18.9 Å². The monoisotopic (exact) mass is 532 g/mol. The number of rotatable bonds is 7. The number of aromatic nitrogens is 2. The molecule has 202 valence electrons. The lowest BCUT2D eigenvalue weighted by atomic mass is 10.0. The molecule has 1 fully saturated rings. The molecule has 2 N–H and O–H groups in total. The first-order chi connectivity index (χ1) is 17.8. The second kappa shape index (κ2) is 9.33. The van der Waals surface area contributed by atoms with Crippen molar-refractivity contribution in [1.29, 1.82) is 0 Å². The molecular formula is C26H28F4N6O2. The summed E-state index contributed by atoms with van der Waals surface area (Å²) in [5, 5.41) is 23.3. The standard InChI is InChI=1S/C26H28F4N6O2/c1-14(17-5-4-6-19(22(17)27)26(28,29)30)32-24(37)18-9-20(16-10-31-35(11-16)13-25(2,3)38)34-36-12-21(15-7-8-15)33-23(18)36/h4-6,9-11,14-15,21,38H,7-8,12-13H2,1-3H3,(H,32,37)/t14-,21+/m1/s1. The van der Waals surface area contributed by atoms with Crippen LogP contribution in [-0.4, -0.2) is 55.5 Å². The van der Waals surface area contributed by atoms with E-state index in [9.17, 15) is 27.5 Å². The summed E-state index contributed by atoms with van der Waals surface area (Å²) in [6.45, 7) is 5.50. The van der Waals surface area contributed by atoms with Gasteiger partial charge in [0, 0.05) is 17.3 Å². The fraction of sp³-hybridized carbons (Fsp3) is 0.462. The summed E-state index contributed by atoms with van der Waals surface area (Å²) < 4.78 is 55.9. The summed E-state index contributed by atoms with van der Waals surface area (Å²) in [7, 11) is 0. The van der Waals surface area contributed by atoms with Crippen molar-refractivity contribution < 1.29 is 27.5 Å². The number of hydrogen-bond acceptors (Lipinski definition) is 6. The molecule has 3 heterocycles. The van der Waals surface area contributed by atoms with Gasteiger partial charge in [-0.1, -0.05) is 12.1 Å². The highest BCUT2D eigenvalue weighted by atomic mass is 19.4. The molecule has 2 aliphatic heterocycles. The first-order valence-electron chi connectivity index (χ1n) is 12.4. The van der Waals surface area contributed by atoms with Gasteiger partial charge in [0.1, 0.15) is 5.82 Å². The number of hydrazone groups is 1. The van der Waals surface area contributed by atoms with Gasteiger partial charge in [-0.15, -0.1) is 0 Å². The second-order valence-electron chi connectivity index (χ2n) is 10.6. The average Bonchev–Trinajstić information content (AvgIpc) is 3.41. The molecule has 0 unspecified atom stereocenters. The Balaban J connectivity index is 1.44. The van der Waals surface area contributed by atoms with Crippen molar-refractivity contribution in [2.45, 2.75) is 64.0 Å². The molecule has 1 aromatic carbocycles. The van der Waals surface area contributed by atoms with Crippen molar-refractivity contribution in [3.05, 3.63) is 64.7 Å². The number of amides is 1. The fourth-order valence-electron chi connectivity index (χ4n) is 4.66. The minimum Gasteiger partial charge on any atom is -0.389 e. The molecule has 0 spiro atoms. The Morgan fingerprint density at radius 3 is 2.66 bits per heavy atom. The number of alkyl halides is 3. The van der Waals surface area contributed by atoms with Crippen LogP contribution in [0.1, 0.15) is 56.3 Å². The zero-order valence-electron chi connectivity index (χ0n) is 21.1. The largest absolute Gasteiger partial charge is 0.419 e. The van der Waals surface area contributed by atoms with Crippen LogP contribution in [0.5, 0.6) is 0 Å². The number of aliphatic imine (C=N–C) groups is 1. The van der Waals surface area contributed by atoms with Gasteiger partial charge in [-0.2, -0.15) is 23.4 Å². The Morgan fingerprint density at radius 2 is 2.00 bits per heavy atom. The fourth-order valence-corrected chi connectivity index (χ4v) is 4.66. The minimum atomic E-state index is -4.85. The number of halogens is 4. The number of aliphatic hydroxyl groups is 1. The van der Waals surface area contributed by atoms with Crippen LogP contribution in [0.2, 0.25) is 0 Å². The number of amidine groups is 1. The molecule has 5 rings (SSSR count). The SMILES string of the molecule is C[C@@H](NC(=O)C1=CC(c2cnn(CC(C)(C)O)c2)=NN2C[C@@H](C3CC3)N=C12)c1cccc(C(F)(F)F)c1F. The van der Waals surface area contributed by atoms with E-state index in [-0.39, 0.29) is 23.7 Å². The van der Waals surface area contributed by atoms with Crippen LogP contribution in [-0.2, 0) is 17.5 Å². The summed E-state index contributed by atoms with van der Waals surface area (Å²) in [4.78, 5) is 18.2. The van der Waals surface area contributed by atoms with E-state index in [2.05, 4.69) is 15.5 Å². The topological polar surface area (TPSA) is 95.1 Å². The first-order valence-corrected chi connectivity index (χ1v) is 12.4. The van der Waals surface area contributed by atoms with E-state index in [4.69, 9.17) is 4.99 Å². The summed E-state index contributed by atoms with van der Waals surface area (Å²) in [6, 6.07) is 1.94. The molecule has 1 amide bonds. The van der Waals surface area contributed by atoms with Crippen LogP contribution in [0, 0.1) is 11.7 Å². The number of nitrogens with one attached hydrogen (secondary N) is 1. The van der Waals surface area contributed by atoms with Gasteiger partial charge >= 0.3 is 6.18 Å². The lowest BCUT2D eigenvalue weighted by Crippen LogP contribution is -2.38. The third-order valence-electron chi connectivity index (χ3n) is 6.68. The highest BCUT2D eigenvalue weighted by Gasteiger charge is 2.41. The molecule has 1 aromatic heterocycles. The summed E-state index contributed by atoms with van der Waals surface area (Å²) >= 11 is 0. The summed E-state index contributed by atoms with van der Waals surface area (Å²) in [5.41, 5.74) is -1.39. The molecule has 0 saturated heterocycles. The van der Waals surface area contributed by atoms with E-state index >= 15 is 0 Å². The smallest absolute Gasteiger partial charge is 0.389 e. The molecule has 8 nitrogen and oxygen atoms in total. The third kappa shape index (κ3) is 5.35. The number of fused-ring (bicyclic) bond motifs is 1. The molecule has 2 aromatic rings. The Hall–Kier alpha value is -3.54. The number of benzene rings is 1. The van der Waals surface area contributed by atoms with Crippen molar-refractivity contribution in [2.24, 2.45) is 16.0 Å². The molecule has 2 atom stereocenters. The van der Waals surface area contributed by atoms with Crippen LogP contribution in [0.25, 0.3) is 0 Å². The predicted molar refractivity (Wildman–Crippen MR) is 132 cm³/mol. The predicted octanol–water partition coefficient (Wildman–Crippen LogP) is 3.83. The van der Waals surface area contributed by atoms with Gasteiger partial charge in [0.05, 0.1) is 53.8 Å². The number of carbonyl (C=O) groups is 1. The van der Waals surface area contributed by atoms with Crippen molar-refractivity contribution in [3.63, 3.8) is 0 Å². The summed E-state index contributed by atoms with van der Waals surface area (Å²) in [6.07, 6.45) is 2.08. The van der Waals surface area contributed by atoms with Crippen LogP contribution in [0.15, 0.2) is 52.3 Å². The molecule has 0 bridgehead atoms. The van der Waals surface area contributed by atoms with E-state index in [1.54, 1.807) is 42.0 Å². The van der Waals surface area contributed by atoms with Crippen molar-refractivity contribution in [2.75, 3.05) is 6.54 Å². The van der Waals surface area contributed by atoms with Crippen molar-refractivity contribution in [3.8, 4) is 0 Å². The molecular weight excluding hydrogens is 504 g/mol. The van der Waals surface area contributed by atoms with Crippen LogP contribution in [0.3, 0.4) is 0 Å². The lowest BCUT2D eigenvalue weighted by molar-refractivity contribution is -0.140. The molecule has 38 heavy (non-hydrogen) atoms. The average molecular weight is 533 g/mol. The Labute approximate surface area is 216 Å². The number of hydrogen-bond donors (Lipinski definition) is 2. The minimum absolute atomic E-state index is 0.0134. The van der Waals surface area contributed by atoms with Gasteiger partial charge in [0.15, 0.2) is 5.84 Å². The first kappa shape index (κ1) is 26.1. The van der Waals surface area contributed by atoms with E-state index < -0.39 is 35.1 Å². The maximum absolute atomic E-state index is 14.7. The van der Waals surface area contributed by atoms with Crippen LogP contribution >= 0.6 is 0 Å². The Kier molecular flexibility index (Phi) is 6.41. The quantitative estimate of drug-likeness (QED) is 0.530. The Morgan fingerprint density at radius 1 is 1.26 bits per heavy atom. The van der Waals surface area contributed by atoms with Crippen molar-refractivity contribution >= 4 is 17.5 Å². The van der Waals surface area contributed by atoms with E-state index in [1.165, 1.54) is 13.0 Å². The zero-order chi connectivity index (χ0) is 27.4. The normalized spacial score (nSPS) is 20.5. The number of nitrogens with zero attached hydrogens (tertiary/aromatic N) is 5. The summed E-state index contributed by atoms with van der Waals surface area (Å²) in [5.74, 6) is -1.22.